The van der Waals surface area contributed by atoms with Gasteiger partial charge in [0, 0.05) is 27.3 Å². The Balaban J connectivity index is 1.48. The second-order valence-corrected chi connectivity index (χ2v) is 11.0. The fourth-order valence-electron chi connectivity index (χ4n) is 4.10. The Morgan fingerprint density at radius 1 is 0.897 bits per heavy atom. The maximum atomic E-state index is 13.6. The number of amides is 1. The third-order valence-corrected chi connectivity index (χ3v) is 7.84. The number of hydrogen-bond donors (Lipinski definition) is 2. The first-order valence-electron chi connectivity index (χ1n) is 12.0. The number of halogens is 1. The molecule has 7 nitrogen and oxygen atoms in total. The van der Waals surface area contributed by atoms with E-state index in [1.54, 1.807) is 50.4 Å². The maximum absolute atomic E-state index is 13.6. The van der Waals surface area contributed by atoms with Gasteiger partial charge in [0.2, 0.25) is 0 Å². The topological polar surface area (TPSA) is 97.4 Å². The molecule has 1 aromatic heterocycles. The van der Waals surface area contributed by atoms with E-state index >= 15 is 0 Å². The van der Waals surface area contributed by atoms with Crippen molar-refractivity contribution < 1.29 is 17.9 Å². The number of methoxy groups -OCH3 is 1. The van der Waals surface area contributed by atoms with E-state index in [2.05, 4.69) is 10.0 Å². The number of carbonyl (C=O) groups is 1. The van der Waals surface area contributed by atoms with E-state index in [1.165, 1.54) is 12.1 Å². The summed E-state index contributed by atoms with van der Waals surface area (Å²) < 4.78 is 33.9. The van der Waals surface area contributed by atoms with E-state index in [0.717, 1.165) is 5.56 Å². The van der Waals surface area contributed by atoms with Crippen molar-refractivity contribution in [2.45, 2.75) is 11.8 Å². The number of fused-ring (bicyclic) bond motifs is 1. The SMILES string of the molecule is COc1ccc(-c2cc(C(=O)Nc3cc(S(=O)(=O)Nc4ccc(Cl)cc4)ccc3C)c3ccccc3n2)cc1. The number of ether oxygens (including phenoxy) is 1. The van der Waals surface area contributed by atoms with Crippen LogP contribution in [-0.2, 0) is 10.0 Å². The molecule has 0 radical (unpaired) electrons. The zero-order valence-corrected chi connectivity index (χ0v) is 22.7. The van der Waals surface area contributed by atoms with Gasteiger partial charge in [-0.05, 0) is 85.3 Å². The lowest BCUT2D eigenvalue weighted by Crippen LogP contribution is -2.16. The number of aromatic nitrogens is 1. The van der Waals surface area contributed by atoms with E-state index in [0.29, 0.717) is 49.9 Å². The first kappa shape index (κ1) is 26.2. The summed E-state index contributed by atoms with van der Waals surface area (Å²) in [7, 11) is -2.31. The van der Waals surface area contributed by atoms with Crippen molar-refractivity contribution in [2.24, 2.45) is 0 Å². The lowest BCUT2D eigenvalue weighted by Gasteiger charge is -2.14. The minimum atomic E-state index is -3.91. The van der Waals surface area contributed by atoms with Gasteiger partial charge in [-0.15, -0.1) is 0 Å². The fourth-order valence-corrected chi connectivity index (χ4v) is 5.31. The quantitative estimate of drug-likeness (QED) is 0.226. The second kappa shape index (κ2) is 10.8. The number of benzene rings is 4. The summed E-state index contributed by atoms with van der Waals surface area (Å²) in [6.07, 6.45) is 0. The summed E-state index contributed by atoms with van der Waals surface area (Å²) in [4.78, 5) is 18.4. The van der Waals surface area contributed by atoms with Gasteiger partial charge in [-0.3, -0.25) is 9.52 Å². The zero-order chi connectivity index (χ0) is 27.6. The van der Waals surface area contributed by atoms with E-state index in [-0.39, 0.29) is 10.8 Å². The second-order valence-electron chi connectivity index (χ2n) is 8.84. The van der Waals surface area contributed by atoms with Crippen LogP contribution in [0.3, 0.4) is 0 Å². The fraction of sp³-hybridized carbons (Fsp3) is 0.0667. The van der Waals surface area contributed by atoms with Crippen molar-refractivity contribution in [1.82, 2.24) is 4.98 Å². The molecule has 39 heavy (non-hydrogen) atoms. The standard InChI is InChI=1S/C30H24ClN3O4S/c1-19-7-16-24(39(36,37)34-22-12-10-21(31)11-13-22)17-28(19)33-30(35)26-18-29(20-8-14-23(38-2)15-9-20)32-27-6-4-3-5-25(26)27/h3-18,34H,1-2H3,(H,33,35). The summed E-state index contributed by atoms with van der Waals surface area (Å²) in [6.45, 7) is 1.80. The normalized spacial score (nSPS) is 11.3. The highest BCUT2D eigenvalue weighted by Crippen LogP contribution is 2.28. The Labute approximate surface area is 231 Å². The van der Waals surface area contributed by atoms with Crippen LogP contribution in [0, 0.1) is 6.92 Å². The summed E-state index contributed by atoms with van der Waals surface area (Å²) >= 11 is 5.90. The highest BCUT2D eigenvalue weighted by atomic mass is 35.5. The number of nitrogens with zero attached hydrogens (tertiary/aromatic N) is 1. The first-order chi connectivity index (χ1) is 18.7. The molecule has 0 saturated heterocycles. The lowest BCUT2D eigenvalue weighted by molar-refractivity contribution is 0.102. The molecule has 0 aliphatic heterocycles. The molecule has 0 spiro atoms. The molecule has 5 rings (SSSR count). The van der Waals surface area contributed by atoms with Crippen molar-refractivity contribution in [1.29, 1.82) is 0 Å². The Morgan fingerprint density at radius 2 is 1.62 bits per heavy atom. The van der Waals surface area contributed by atoms with Crippen LogP contribution in [0.25, 0.3) is 22.2 Å². The number of rotatable bonds is 7. The van der Waals surface area contributed by atoms with Crippen LogP contribution in [0.1, 0.15) is 15.9 Å². The third kappa shape index (κ3) is 5.72. The summed E-state index contributed by atoms with van der Waals surface area (Å²) in [5.74, 6) is 0.333. The average molecular weight is 558 g/mol. The molecule has 0 saturated carbocycles. The summed E-state index contributed by atoms with van der Waals surface area (Å²) in [5, 5.41) is 4.08. The molecule has 0 fully saturated rings. The van der Waals surface area contributed by atoms with Crippen molar-refractivity contribution in [2.75, 3.05) is 17.1 Å². The molecular formula is C30H24ClN3O4S. The Kier molecular flexibility index (Phi) is 7.24. The number of para-hydroxylation sites is 1. The molecular weight excluding hydrogens is 534 g/mol. The average Bonchev–Trinajstić information content (AvgIpc) is 2.94. The highest BCUT2D eigenvalue weighted by molar-refractivity contribution is 7.92. The molecule has 9 heteroatoms. The molecule has 0 unspecified atom stereocenters. The van der Waals surface area contributed by atoms with Gasteiger partial charge in [-0.25, -0.2) is 13.4 Å². The van der Waals surface area contributed by atoms with E-state index < -0.39 is 10.0 Å². The van der Waals surface area contributed by atoms with Gasteiger partial charge in [0.1, 0.15) is 5.75 Å². The zero-order valence-electron chi connectivity index (χ0n) is 21.1. The Morgan fingerprint density at radius 3 is 2.33 bits per heavy atom. The largest absolute Gasteiger partial charge is 0.497 e. The van der Waals surface area contributed by atoms with Gasteiger partial charge >= 0.3 is 0 Å². The number of nitrogens with one attached hydrogen (secondary N) is 2. The van der Waals surface area contributed by atoms with Crippen LogP contribution < -0.4 is 14.8 Å². The van der Waals surface area contributed by atoms with Gasteiger partial charge in [0.05, 0.1) is 28.8 Å². The van der Waals surface area contributed by atoms with Gasteiger partial charge in [0.25, 0.3) is 15.9 Å². The van der Waals surface area contributed by atoms with Crippen molar-refractivity contribution in [3.8, 4) is 17.0 Å². The van der Waals surface area contributed by atoms with Crippen LogP contribution in [0.4, 0.5) is 11.4 Å². The van der Waals surface area contributed by atoms with Crippen LogP contribution in [0.15, 0.2) is 102 Å². The molecule has 0 bridgehead atoms. The lowest BCUT2D eigenvalue weighted by atomic mass is 10.0. The molecule has 2 N–H and O–H groups in total. The number of pyridine rings is 1. The predicted octanol–water partition coefficient (Wildman–Crippen LogP) is 6.93. The van der Waals surface area contributed by atoms with Crippen LogP contribution >= 0.6 is 11.6 Å². The van der Waals surface area contributed by atoms with Crippen LogP contribution in [-0.4, -0.2) is 26.4 Å². The third-order valence-electron chi connectivity index (χ3n) is 6.21. The smallest absolute Gasteiger partial charge is 0.261 e. The molecule has 196 valence electrons. The molecule has 4 aromatic carbocycles. The van der Waals surface area contributed by atoms with Crippen LogP contribution in [0.5, 0.6) is 5.75 Å². The summed E-state index contributed by atoms with van der Waals surface area (Å²) in [6, 6.07) is 27.5. The Hall–Kier alpha value is -4.40. The molecule has 1 heterocycles. The van der Waals surface area contributed by atoms with E-state index in [9.17, 15) is 13.2 Å². The number of carbonyl (C=O) groups excluding carboxylic acids is 1. The van der Waals surface area contributed by atoms with Gasteiger partial charge in [-0.2, -0.15) is 0 Å². The molecule has 0 aliphatic rings. The Bertz CT molecular complexity index is 1790. The predicted molar refractivity (Wildman–Crippen MR) is 155 cm³/mol. The van der Waals surface area contributed by atoms with Gasteiger partial charge in [0.15, 0.2) is 0 Å². The highest BCUT2D eigenvalue weighted by Gasteiger charge is 2.19. The monoisotopic (exact) mass is 557 g/mol. The molecule has 5 aromatic rings. The number of anilines is 2. The van der Waals surface area contributed by atoms with Crippen molar-refractivity contribution >= 4 is 49.8 Å². The van der Waals surface area contributed by atoms with Crippen LogP contribution in [0.2, 0.25) is 5.02 Å². The molecule has 1 amide bonds. The van der Waals surface area contributed by atoms with Crippen molar-refractivity contribution in [3.05, 3.63) is 113 Å². The van der Waals surface area contributed by atoms with E-state index in [4.69, 9.17) is 21.3 Å². The minimum Gasteiger partial charge on any atom is -0.497 e. The van der Waals surface area contributed by atoms with Gasteiger partial charge < -0.3 is 10.1 Å². The molecule has 0 atom stereocenters. The van der Waals surface area contributed by atoms with E-state index in [1.807, 2.05) is 48.5 Å². The van der Waals surface area contributed by atoms with Gasteiger partial charge in [-0.1, -0.05) is 35.9 Å². The number of hydrogen-bond acceptors (Lipinski definition) is 5. The first-order valence-corrected chi connectivity index (χ1v) is 13.8. The maximum Gasteiger partial charge on any atom is 0.261 e. The number of sulfonamides is 1. The van der Waals surface area contributed by atoms with Crippen molar-refractivity contribution in [3.63, 3.8) is 0 Å². The molecule has 0 aliphatic carbocycles. The summed E-state index contributed by atoms with van der Waals surface area (Å²) in [5.41, 5.74) is 4.00. The number of aryl methyl sites for hydroxylation is 1. The minimum absolute atomic E-state index is 0.0110.